The second-order valence-corrected chi connectivity index (χ2v) is 7.55. The van der Waals surface area contributed by atoms with Crippen molar-refractivity contribution in [2.24, 2.45) is 0 Å². The lowest BCUT2D eigenvalue weighted by atomic mass is 10.1. The molecule has 0 saturated heterocycles. The molecule has 0 bridgehead atoms. The van der Waals surface area contributed by atoms with Crippen molar-refractivity contribution in [2.45, 2.75) is 23.6 Å². The van der Waals surface area contributed by atoms with Gasteiger partial charge in [-0.2, -0.15) is 0 Å². The summed E-state index contributed by atoms with van der Waals surface area (Å²) in [6.07, 6.45) is 0.435. The quantitative estimate of drug-likeness (QED) is 0.312. The maximum Gasteiger partial charge on any atom is 0.442 e. The Labute approximate surface area is 182 Å². The van der Waals surface area contributed by atoms with Crippen molar-refractivity contribution in [1.82, 2.24) is 5.27 Å². The third-order valence-corrected chi connectivity index (χ3v) is 5.85. The van der Waals surface area contributed by atoms with Crippen LogP contribution in [-0.4, -0.2) is 36.6 Å². The molecule has 0 aliphatic carbocycles. The first-order chi connectivity index (χ1) is 15.0. The van der Waals surface area contributed by atoms with E-state index in [1.807, 2.05) is 6.92 Å². The Morgan fingerprint density at radius 1 is 1.16 bits per heavy atom. The molecule has 0 saturated carbocycles. The predicted octanol–water partition coefficient (Wildman–Crippen LogP) is 2.55. The van der Waals surface area contributed by atoms with Gasteiger partial charge in [0.15, 0.2) is 0 Å². The Balaban J connectivity index is 1.84. The van der Waals surface area contributed by atoms with Gasteiger partial charge in [0.2, 0.25) is 11.6 Å². The fraction of sp³-hybridized carbons (Fsp3) is 0.238. The average Bonchev–Trinajstić information content (AvgIpc) is 3.17. The van der Waals surface area contributed by atoms with Crippen molar-refractivity contribution in [3.63, 3.8) is 0 Å². The molecule has 1 atom stereocenters. The molecule has 0 aliphatic heterocycles. The summed E-state index contributed by atoms with van der Waals surface area (Å²) in [7, 11) is 2.83. The Morgan fingerprint density at radius 3 is 2.52 bits per heavy atom. The normalized spacial score (nSPS) is 11.6. The SMILES string of the molecule is CCC(Sc1c(=O)o[nH][n+]1-c1ccc(OC)cc1)C(=O)Nc1ccccc1C(=O)OC. The van der Waals surface area contributed by atoms with Crippen molar-refractivity contribution in [3.8, 4) is 11.4 Å². The zero-order valence-electron chi connectivity index (χ0n) is 17.2. The summed E-state index contributed by atoms with van der Waals surface area (Å²) in [5.74, 6) is -0.245. The van der Waals surface area contributed by atoms with E-state index in [-0.39, 0.29) is 16.5 Å². The summed E-state index contributed by atoms with van der Waals surface area (Å²) < 4.78 is 16.3. The molecule has 9 nitrogen and oxygen atoms in total. The number of anilines is 1. The molecule has 1 aromatic heterocycles. The van der Waals surface area contributed by atoms with E-state index in [4.69, 9.17) is 14.0 Å². The number of rotatable bonds is 8. The summed E-state index contributed by atoms with van der Waals surface area (Å²) in [6, 6.07) is 13.6. The molecule has 162 valence electrons. The van der Waals surface area contributed by atoms with Gasteiger partial charge in [0, 0.05) is 12.1 Å². The number of para-hydroxylation sites is 1. The Bertz CT molecular complexity index is 1120. The number of carbonyl (C=O) groups is 2. The van der Waals surface area contributed by atoms with Crippen LogP contribution in [0.3, 0.4) is 0 Å². The average molecular weight is 444 g/mol. The Kier molecular flexibility index (Phi) is 7.14. The molecule has 3 rings (SSSR count). The molecule has 1 heterocycles. The first-order valence-corrected chi connectivity index (χ1v) is 10.3. The van der Waals surface area contributed by atoms with Crippen molar-refractivity contribution in [3.05, 3.63) is 64.5 Å². The molecule has 2 aromatic carbocycles. The fourth-order valence-corrected chi connectivity index (χ4v) is 3.80. The van der Waals surface area contributed by atoms with Crippen molar-refractivity contribution < 1.29 is 28.3 Å². The van der Waals surface area contributed by atoms with Gasteiger partial charge in [-0.1, -0.05) is 19.1 Å². The molecular formula is C21H22N3O6S+. The maximum atomic E-state index is 12.9. The number of ether oxygens (including phenoxy) is 2. The van der Waals surface area contributed by atoms with Gasteiger partial charge in [0.05, 0.1) is 30.7 Å². The van der Waals surface area contributed by atoms with Gasteiger partial charge in [0.1, 0.15) is 5.75 Å². The van der Waals surface area contributed by atoms with Crippen LogP contribution >= 0.6 is 11.8 Å². The second-order valence-electron chi connectivity index (χ2n) is 6.36. The standard InChI is InChI=1S/C21H21N3O6S/c1-4-17(18(25)22-16-8-6-5-7-15(16)20(26)29-3)31-19-21(27)30-23-24(19)13-9-11-14(28-2)12-10-13/h5-12,17H,4H2,1-3H3,(H-,22,23,25,26,27)/p+1. The van der Waals surface area contributed by atoms with Gasteiger partial charge in [-0.3, -0.25) is 9.32 Å². The van der Waals surface area contributed by atoms with Crippen molar-refractivity contribution in [1.29, 1.82) is 0 Å². The molecule has 1 unspecified atom stereocenters. The third-order valence-electron chi connectivity index (χ3n) is 4.45. The first-order valence-electron chi connectivity index (χ1n) is 9.41. The minimum absolute atomic E-state index is 0.216. The number of nitrogens with zero attached hydrogens (tertiary/aromatic N) is 1. The largest absolute Gasteiger partial charge is 0.497 e. The Hall–Kier alpha value is -3.53. The van der Waals surface area contributed by atoms with E-state index in [2.05, 4.69) is 10.6 Å². The van der Waals surface area contributed by atoms with Crippen LogP contribution in [0.1, 0.15) is 23.7 Å². The second kappa shape index (κ2) is 9.98. The van der Waals surface area contributed by atoms with Crippen LogP contribution in [0, 0.1) is 0 Å². The van der Waals surface area contributed by atoms with Gasteiger partial charge in [-0.15, -0.1) is 0 Å². The predicted molar refractivity (Wildman–Crippen MR) is 114 cm³/mol. The number of aromatic amines is 1. The zero-order chi connectivity index (χ0) is 22.4. The van der Waals surface area contributed by atoms with E-state index in [1.165, 1.54) is 11.8 Å². The Morgan fingerprint density at radius 2 is 1.87 bits per heavy atom. The number of H-pyrrole nitrogens is 1. The summed E-state index contributed by atoms with van der Waals surface area (Å²) >= 11 is 1.07. The van der Waals surface area contributed by atoms with Gasteiger partial charge in [-0.25, -0.2) is 9.59 Å². The van der Waals surface area contributed by atoms with Crippen LogP contribution in [0.15, 0.2) is 62.9 Å². The lowest BCUT2D eigenvalue weighted by Gasteiger charge is -2.14. The number of methoxy groups -OCH3 is 2. The number of hydrogen-bond acceptors (Lipinski definition) is 7. The fourth-order valence-electron chi connectivity index (χ4n) is 2.82. The van der Waals surface area contributed by atoms with E-state index in [9.17, 15) is 14.4 Å². The number of carbonyl (C=O) groups excluding carboxylic acids is 2. The molecular weight excluding hydrogens is 422 g/mol. The molecule has 0 radical (unpaired) electrons. The highest BCUT2D eigenvalue weighted by Gasteiger charge is 2.31. The summed E-state index contributed by atoms with van der Waals surface area (Å²) in [5, 5.41) is 4.91. The molecule has 1 amide bonds. The monoisotopic (exact) mass is 444 g/mol. The maximum absolute atomic E-state index is 12.9. The number of benzene rings is 2. The van der Waals surface area contributed by atoms with E-state index in [0.29, 0.717) is 23.5 Å². The molecule has 0 spiro atoms. The van der Waals surface area contributed by atoms with E-state index in [1.54, 1.807) is 55.6 Å². The highest BCUT2D eigenvalue weighted by molar-refractivity contribution is 8.00. The topological polar surface area (TPSA) is 115 Å². The summed E-state index contributed by atoms with van der Waals surface area (Å²) in [5.41, 5.74) is 0.623. The van der Waals surface area contributed by atoms with Gasteiger partial charge in [0.25, 0.3) is 0 Å². The highest BCUT2D eigenvalue weighted by Crippen LogP contribution is 2.24. The summed E-state index contributed by atoms with van der Waals surface area (Å²) in [4.78, 5) is 37.2. The summed E-state index contributed by atoms with van der Waals surface area (Å²) in [6.45, 7) is 1.83. The number of aromatic nitrogens is 2. The zero-order valence-corrected chi connectivity index (χ0v) is 18.0. The minimum Gasteiger partial charge on any atom is -0.497 e. The van der Waals surface area contributed by atoms with Crippen LogP contribution in [0.4, 0.5) is 5.69 Å². The van der Waals surface area contributed by atoms with Crippen LogP contribution in [0.5, 0.6) is 5.75 Å². The molecule has 31 heavy (non-hydrogen) atoms. The van der Waals surface area contributed by atoms with E-state index < -0.39 is 16.8 Å². The van der Waals surface area contributed by atoms with Crippen molar-refractivity contribution in [2.75, 3.05) is 19.5 Å². The highest BCUT2D eigenvalue weighted by atomic mass is 32.2. The molecule has 3 aromatic rings. The number of amides is 1. The lowest BCUT2D eigenvalue weighted by molar-refractivity contribution is -0.704. The minimum atomic E-state index is -0.617. The smallest absolute Gasteiger partial charge is 0.442 e. The van der Waals surface area contributed by atoms with Gasteiger partial charge >= 0.3 is 16.6 Å². The van der Waals surface area contributed by atoms with Crippen LogP contribution in [0.2, 0.25) is 0 Å². The number of hydrogen-bond donors (Lipinski definition) is 2. The number of thioether (sulfide) groups is 1. The lowest BCUT2D eigenvalue weighted by Crippen LogP contribution is -2.37. The molecule has 10 heteroatoms. The number of nitrogens with one attached hydrogen (secondary N) is 2. The molecule has 0 fully saturated rings. The third kappa shape index (κ3) is 4.97. The molecule has 0 aliphatic rings. The van der Waals surface area contributed by atoms with Gasteiger partial charge < -0.3 is 14.8 Å². The van der Waals surface area contributed by atoms with Crippen LogP contribution < -0.4 is 20.4 Å². The van der Waals surface area contributed by atoms with E-state index in [0.717, 1.165) is 11.8 Å². The van der Waals surface area contributed by atoms with Crippen LogP contribution in [-0.2, 0) is 9.53 Å². The molecule has 2 N–H and O–H groups in total. The van der Waals surface area contributed by atoms with Crippen molar-refractivity contribution >= 4 is 29.3 Å². The first kappa shape index (κ1) is 22.2. The van der Waals surface area contributed by atoms with E-state index >= 15 is 0 Å². The van der Waals surface area contributed by atoms with Gasteiger partial charge in [-0.05, 0) is 52.4 Å². The number of esters is 1. The van der Waals surface area contributed by atoms with Crippen LogP contribution in [0.25, 0.3) is 5.69 Å².